The van der Waals surface area contributed by atoms with E-state index in [1.54, 1.807) is 22.9 Å². The Balaban J connectivity index is 0.00000208. The van der Waals surface area contributed by atoms with E-state index in [2.05, 4.69) is 4.98 Å². The van der Waals surface area contributed by atoms with E-state index in [0.29, 0.717) is 17.6 Å². The summed E-state index contributed by atoms with van der Waals surface area (Å²) in [5, 5.41) is 0.487. The number of carbonyl (C=O) groups is 1. The number of nitrogens with zero attached hydrogens (tertiary/aromatic N) is 3. The number of ketones is 1. The van der Waals surface area contributed by atoms with Crippen LogP contribution in [0.3, 0.4) is 0 Å². The minimum absolute atomic E-state index is 0. The van der Waals surface area contributed by atoms with Crippen LogP contribution in [0.5, 0.6) is 0 Å². The molecule has 0 unspecified atom stereocenters. The fourth-order valence-electron chi connectivity index (χ4n) is 2.59. The zero-order valence-electron chi connectivity index (χ0n) is 13.6. The molecule has 0 saturated heterocycles. The van der Waals surface area contributed by atoms with Crippen molar-refractivity contribution in [3.63, 3.8) is 0 Å². The van der Waals surface area contributed by atoms with Gasteiger partial charge in [0, 0.05) is 30.6 Å². The van der Waals surface area contributed by atoms with Crippen molar-refractivity contribution in [3.05, 3.63) is 70.4 Å². The van der Waals surface area contributed by atoms with Crippen LogP contribution in [0.1, 0.15) is 23.0 Å². The molecule has 5 nitrogen and oxygen atoms in total. The van der Waals surface area contributed by atoms with Crippen molar-refractivity contribution in [1.29, 1.82) is 0 Å². The number of carbonyl (C=O) groups excluding carboxylic acids is 1. The summed E-state index contributed by atoms with van der Waals surface area (Å²) in [6, 6.07) is 9.13. The van der Waals surface area contributed by atoms with Crippen molar-refractivity contribution in [2.45, 2.75) is 26.9 Å². The number of hydrogen-bond donors (Lipinski definition) is 0. The lowest BCUT2D eigenvalue weighted by Crippen LogP contribution is -3.00. The van der Waals surface area contributed by atoms with E-state index in [0.717, 1.165) is 5.69 Å². The lowest BCUT2D eigenvalue weighted by molar-refractivity contribution is -0.683. The molecule has 3 rings (SSSR count). The molecule has 0 amide bonds. The van der Waals surface area contributed by atoms with E-state index in [-0.39, 0.29) is 47.3 Å². The average molecular weight is 435 g/mol. The molecular weight excluding hydrogens is 417 g/mol. The van der Waals surface area contributed by atoms with E-state index < -0.39 is 0 Å². The molecule has 3 heterocycles. The Morgan fingerprint density at radius 2 is 1.92 bits per heavy atom. The minimum Gasteiger partial charge on any atom is -1.00 e. The molecule has 0 fully saturated rings. The first-order valence-corrected chi connectivity index (χ1v) is 7.58. The minimum atomic E-state index is -0.251. The van der Waals surface area contributed by atoms with Crippen molar-refractivity contribution in [3.8, 4) is 0 Å². The number of pyridine rings is 3. The Bertz CT molecular complexity index is 936. The van der Waals surface area contributed by atoms with Gasteiger partial charge in [0.25, 0.3) is 0 Å². The highest BCUT2D eigenvalue weighted by atomic mass is 127. The van der Waals surface area contributed by atoms with Crippen molar-refractivity contribution in [1.82, 2.24) is 9.55 Å². The predicted molar refractivity (Wildman–Crippen MR) is 87.4 cm³/mol. The Kier molecular flexibility index (Phi) is 5.82. The fraction of sp³-hybridized carbons (Fsp3) is 0.222. The van der Waals surface area contributed by atoms with E-state index in [1.807, 2.05) is 49.0 Å². The van der Waals surface area contributed by atoms with Gasteiger partial charge in [-0.3, -0.25) is 9.59 Å². The zero-order valence-corrected chi connectivity index (χ0v) is 15.7. The maximum Gasteiger partial charge on any atom is 0.232 e. The Labute approximate surface area is 157 Å². The van der Waals surface area contributed by atoms with Crippen LogP contribution in [0.15, 0.2) is 53.7 Å². The van der Waals surface area contributed by atoms with Gasteiger partial charge in [-0.25, -0.2) is 4.98 Å². The van der Waals surface area contributed by atoms with Crippen LogP contribution in [0.25, 0.3) is 11.0 Å². The highest BCUT2D eigenvalue weighted by Gasteiger charge is 2.19. The smallest absolute Gasteiger partial charge is 0.232 e. The molecule has 0 aromatic carbocycles. The van der Waals surface area contributed by atoms with E-state index in [9.17, 15) is 9.59 Å². The van der Waals surface area contributed by atoms with E-state index in [1.165, 1.54) is 0 Å². The number of aromatic nitrogens is 3. The predicted octanol–water partition coefficient (Wildman–Crippen LogP) is -1.10. The Morgan fingerprint density at radius 3 is 2.58 bits per heavy atom. The van der Waals surface area contributed by atoms with Crippen molar-refractivity contribution in [2.75, 3.05) is 0 Å². The molecule has 24 heavy (non-hydrogen) atoms. The topological polar surface area (TPSA) is 55.8 Å². The van der Waals surface area contributed by atoms with Gasteiger partial charge in [0.2, 0.25) is 17.8 Å². The van der Waals surface area contributed by atoms with E-state index in [4.69, 9.17) is 0 Å². The first kappa shape index (κ1) is 18.3. The summed E-state index contributed by atoms with van der Waals surface area (Å²) >= 11 is 0. The molecule has 0 aliphatic carbocycles. The van der Waals surface area contributed by atoms with Crippen LogP contribution in [0.4, 0.5) is 0 Å². The van der Waals surface area contributed by atoms with Crippen LogP contribution >= 0.6 is 0 Å². The number of halogens is 1. The quantitative estimate of drug-likeness (QED) is 0.297. The molecule has 6 heteroatoms. The summed E-state index contributed by atoms with van der Waals surface area (Å²) < 4.78 is 3.61. The van der Waals surface area contributed by atoms with Crippen molar-refractivity contribution < 1.29 is 33.3 Å². The summed E-state index contributed by atoms with van der Waals surface area (Å²) in [5.41, 5.74) is 1.43. The third-order valence-corrected chi connectivity index (χ3v) is 3.81. The van der Waals surface area contributed by atoms with Gasteiger partial charge in [-0.05, 0) is 26.0 Å². The molecule has 0 aliphatic heterocycles. The van der Waals surface area contributed by atoms with Crippen LogP contribution in [0.2, 0.25) is 0 Å². The van der Waals surface area contributed by atoms with Gasteiger partial charge >= 0.3 is 0 Å². The van der Waals surface area contributed by atoms with Gasteiger partial charge in [0.05, 0.1) is 10.9 Å². The molecule has 0 N–H and O–H groups in total. The van der Waals surface area contributed by atoms with Gasteiger partial charge in [0.15, 0.2) is 12.4 Å². The molecule has 0 saturated carbocycles. The second-order valence-electron chi connectivity index (χ2n) is 5.45. The van der Waals surface area contributed by atoms with Crippen LogP contribution in [0, 0.1) is 6.92 Å². The fourth-order valence-corrected chi connectivity index (χ4v) is 2.59. The van der Waals surface area contributed by atoms with Gasteiger partial charge < -0.3 is 28.5 Å². The molecule has 3 aromatic rings. The molecule has 124 valence electrons. The summed E-state index contributed by atoms with van der Waals surface area (Å²) in [5.74, 6) is -0.198. The molecule has 3 aromatic heterocycles. The van der Waals surface area contributed by atoms with Crippen molar-refractivity contribution >= 4 is 16.8 Å². The summed E-state index contributed by atoms with van der Waals surface area (Å²) in [6.07, 6.45) is 5.24. The van der Waals surface area contributed by atoms with E-state index >= 15 is 0 Å². The Hall–Kier alpha value is -2.09. The number of fused-ring (bicyclic) bond motifs is 1. The van der Waals surface area contributed by atoms with Crippen LogP contribution in [-0.2, 0) is 13.1 Å². The summed E-state index contributed by atoms with van der Waals surface area (Å²) in [4.78, 5) is 29.7. The molecule has 0 spiro atoms. The van der Waals surface area contributed by atoms with Gasteiger partial charge in [0.1, 0.15) is 5.65 Å². The average Bonchev–Trinajstić information content (AvgIpc) is 2.56. The standard InChI is InChI=1S/C18H18N3O2.HI/c1-3-21-11-15(16(22)12-20-9-5-4-6-10-20)17(23)14-8-7-13(2)19-18(14)21;/h4-11H,3,12H2,1-2H3;1H/q+1;/p-1. The highest BCUT2D eigenvalue weighted by molar-refractivity contribution is 5.97. The number of Topliss-reactive ketones (excluding diaryl/α,β-unsaturated/α-hetero) is 1. The SMILES string of the molecule is CCn1cc(C(=O)C[n+]2ccccc2)c(=O)c2ccc(C)nc21.[I-]. The first-order chi connectivity index (χ1) is 11.1. The maximum atomic E-state index is 12.7. The monoisotopic (exact) mass is 435 g/mol. The van der Waals surface area contributed by atoms with Crippen LogP contribution in [-0.4, -0.2) is 15.3 Å². The van der Waals surface area contributed by atoms with Gasteiger partial charge in [-0.15, -0.1) is 0 Å². The number of hydrogen-bond acceptors (Lipinski definition) is 3. The van der Waals surface area contributed by atoms with Crippen molar-refractivity contribution in [2.24, 2.45) is 0 Å². The normalized spacial score (nSPS) is 10.4. The largest absolute Gasteiger partial charge is 1.00 e. The molecule has 0 aliphatic rings. The maximum absolute atomic E-state index is 12.7. The molecule has 0 atom stereocenters. The van der Waals surface area contributed by atoms with Gasteiger partial charge in [-0.2, -0.15) is 4.57 Å². The lowest BCUT2D eigenvalue weighted by atomic mass is 10.1. The Morgan fingerprint density at radius 1 is 1.21 bits per heavy atom. The van der Waals surface area contributed by atoms with Gasteiger partial charge in [-0.1, -0.05) is 6.07 Å². The molecular formula is C18H18IN3O2. The molecule has 0 bridgehead atoms. The number of aryl methyl sites for hydroxylation is 2. The van der Waals surface area contributed by atoms with Crippen LogP contribution < -0.4 is 34.0 Å². The third-order valence-electron chi connectivity index (χ3n) is 3.81. The third kappa shape index (κ3) is 3.53. The second kappa shape index (κ2) is 7.65. The summed E-state index contributed by atoms with van der Waals surface area (Å²) in [7, 11) is 0. The number of rotatable bonds is 4. The molecule has 0 radical (unpaired) electrons. The zero-order chi connectivity index (χ0) is 16.4. The highest BCUT2D eigenvalue weighted by Crippen LogP contribution is 2.11. The summed E-state index contributed by atoms with van der Waals surface area (Å²) in [6.45, 7) is 4.64. The second-order valence-corrected chi connectivity index (χ2v) is 5.45. The first-order valence-electron chi connectivity index (χ1n) is 7.58. The lowest BCUT2D eigenvalue weighted by Gasteiger charge is -2.10.